The lowest BCUT2D eigenvalue weighted by atomic mass is 9.89. The molecule has 1 fully saturated rings. The monoisotopic (exact) mass is 277 g/mol. The van der Waals surface area contributed by atoms with Gasteiger partial charge in [0, 0.05) is 25.8 Å². The van der Waals surface area contributed by atoms with Crippen molar-refractivity contribution in [2.24, 2.45) is 5.92 Å². The van der Waals surface area contributed by atoms with Gasteiger partial charge >= 0.3 is 0 Å². The van der Waals surface area contributed by atoms with Gasteiger partial charge in [0.25, 0.3) is 0 Å². The van der Waals surface area contributed by atoms with Gasteiger partial charge in [-0.2, -0.15) is 0 Å². The van der Waals surface area contributed by atoms with Crippen LogP contribution in [0.2, 0.25) is 0 Å². The second-order valence-electron chi connectivity index (χ2n) is 5.73. The van der Waals surface area contributed by atoms with Gasteiger partial charge in [-0.05, 0) is 37.2 Å². The molecule has 2 atom stereocenters. The summed E-state index contributed by atoms with van der Waals surface area (Å²) in [6, 6.07) is 10.9. The number of aliphatic hydroxyl groups is 1. The van der Waals surface area contributed by atoms with E-state index in [9.17, 15) is 5.11 Å². The number of hydrogen-bond donors (Lipinski definition) is 2. The van der Waals surface area contributed by atoms with E-state index in [4.69, 9.17) is 4.74 Å². The number of rotatable bonds is 7. The third-order valence-electron chi connectivity index (χ3n) is 4.18. The Balaban J connectivity index is 1.95. The van der Waals surface area contributed by atoms with Gasteiger partial charge in [-0.25, -0.2) is 0 Å². The molecule has 2 rings (SSSR count). The van der Waals surface area contributed by atoms with Crippen LogP contribution in [-0.4, -0.2) is 31.0 Å². The van der Waals surface area contributed by atoms with Crippen LogP contribution in [0.4, 0.5) is 0 Å². The second-order valence-corrected chi connectivity index (χ2v) is 5.73. The van der Waals surface area contributed by atoms with E-state index in [2.05, 4.69) is 35.6 Å². The van der Waals surface area contributed by atoms with Gasteiger partial charge in [0.05, 0.1) is 6.10 Å². The van der Waals surface area contributed by atoms with Crippen LogP contribution in [0.15, 0.2) is 30.3 Å². The lowest BCUT2D eigenvalue weighted by molar-refractivity contribution is 0.0596. The molecule has 1 saturated heterocycles. The van der Waals surface area contributed by atoms with E-state index in [1.54, 1.807) is 0 Å². The lowest BCUT2D eigenvalue weighted by Gasteiger charge is -2.28. The Morgan fingerprint density at radius 3 is 2.60 bits per heavy atom. The zero-order chi connectivity index (χ0) is 14.2. The Morgan fingerprint density at radius 2 is 1.95 bits per heavy atom. The summed E-state index contributed by atoms with van der Waals surface area (Å²) in [5.41, 5.74) is 1.32. The van der Waals surface area contributed by atoms with Crippen LogP contribution < -0.4 is 5.32 Å². The van der Waals surface area contributed by atoms with Gasteiger partial charge in [0.1, 0.15) is 0 Å². The molecule has 0 bridgehead atoms. The third-order valence-corrected chi connectivity index (χ3v) is 4.18. The van der Waals surface area contributed by atoms with E-state index in [1.807, 2.05) is 6.92 Å². The van der Waals surface area contributed by atoms with Crippen LogP contribution in [0.3, 0.4) is 0 Å². The van der Waals surface area contributed by atoms with Crippen molar-refractivity contribution >= 4 is 0 Å². The summed E-state index contributed by atoms with van der Waals surface area (Å²) >= 11 is 0. The van der Waals surface area contributed by atoms with Gasteiger partial charge < -0.3 is 15.2 Å². The topological polar surface area (TPSA) is 41.5 Å². The highest BCUT2D eigenvalue weighted by atomic mass is 16.5. The summed E-state index contributed by atoms with van der Waals surface area (Å²) in [6.07, 6.45) is 3.98. The van der Waals surface area contributed by atoms with E-state index in [0.29, 0.717) is 12.6 Å². The number of aliphatic hydroxyl groups excluding tert-OH is 1. The summed E-state index contributed by atoms with van der Waals surface area (Å²) in [5, 5.41) is 13.3. The van der Waals surface area contributed by atoms with E-state index < -0.39 is 0 Å². The van der Waals surface area contributed by atoms with E-state index in [-0.39, 0.29) is 6.10 Å². The Bertz CT molecular complexity index is 363. The molecular formula is C17H27NO2. The standard InChI is InChI=1S/C17H27NO2/c1-2-16(19)13-18-17(15-6-4-3-5-7-15)12-14-8-10-20-11-9-14/h3-7,14,16-19H,2,8-13H2,1H3/t16-,17+/m0/s1. The van der Waals surface area contributed by atoms with Crippen LogP contribution in [0, 0.1) is 5.92 Å². The Labute approximate surface area is 122 Å². The highest BCUT2D eigenvalue weighted by Crippen LogP contribution is 2.27. The summed E-state index contributed by atoms with van der Waals surface area (Å²) in [6.45, 7) is 4.47. The quantitative estimate of drug-likeness (QED) is 0.805. The summed E-state index contributed by atoms with van der Waals surface area (Å²) < 4.78 is 5.44. The molecule has 1 heterocycles. The molecule has 0 aliphatic carbocycles. The molecule has 3 heteroatoms. The number of ether oxygens (including phenoxy) is 1. The molecule has 1 aliphatic heterocycles. The smallest absolute Gasteiger partial charge is 0.0662 e. The molecule has 20 heavy (non-hydrogen) atoms. The Hall–Kier alpha value is -0.900. The Morgan fingerprint density at radius 1 is 1.25 bits per heavy atom. The van der Waals surface area contributed by atoms with Crippen molar-refractivity contribution in [1.29, 1.82) is 0 Å². The van der Waals surface area contributed by atoms with Crippen molar-refractivity contribution in [3.05, 3.63) is 35.9 Å². The second kappa shape index (κ2) is 8.40. The van der Waals surface area contributed by atoms with Gasteiger partial charge in [-0.15, -0.1) is 0 Å². The zero-order valence-electron chi connectivity index (χ0n) is 12.4. The molecule has 1 aromatic carbocycles. The minimum absolute atomic E-state index is 0.254. The Kier molecular flexibility index (Phi) is 6.51. The van der Waals surface area contributed by atoms with Crippen molar-refractivity contribution in [1.82, 2.24) is 5.32 Å². The van der Waals surface area contributed by atoms with E-state index in [0.717, 1.165) is 44.8 Å². The average Bonchev–Trinajstić information content (AvgIpc) is 2.53. The number of nitrogens with one attached hydrogen (secondary N) is 1. The minimum Gasteiger partial charge on any atom is -0.392 e. The van der Waals surface area contributed by atoms with Crippen molar-refractivity contribution in [3.8, 4) is 0 Å². The fourth-order valence-electron chi connectivity index (χ4n) is 2.76. The van der Waals surface area contributed by atoms with Crippen LogP contribution in [0.5, 0.6) is 0 Å². The van der Waals surface area contributed by atoms with Gasteiger partial charge in [0.15, 0.2) is 0 Å². The summed E-state index contributed by atoms with van der Waals surface area (Å²) in [7, 11) is 0. The first-order valence-electron chi connectivity index (χ1n) is 7.83. The van der Waals surface area contributed by atoms with Crippen molar-refractivity contribution in [2.45, 2.75) is 44.8 Å². The fourth-order valence-corrected chi connectivity index (χ4v) is 2.76. The third kappa shape index (κ3) is 4.89. The number of hydrogen-bond acceptors (Lipinski definition) is 3. The normalized spacial score (nSPS) is 19.7. The maximum absolute atomic E-state index is 9.78. The predicted molar refractivity (Wildman–Crippen MR) is 81.6 cm³/mol. The molecule has 0 spiro atoms. The average molecular weight is 277 g/mol. The summed E-state index contributed by atoms with van der Waals surface area (Å²) in [5.74, 6) is 0.722. The van der Waals surface area contributed by atoms with Crippen LogP contribution in [-0.2, 0) is 4.74 Å². The fraction of sp³-hybridized carbons (Fsp3) is 0.647. The molecule has 0 saturated carbocycles. The molecule has 0 amide bonds. The zero-order valence-corrected chi connectivity index (χ0v) is 12.4. The van der Waals surface area contributed by atoms with E-state index >= 15 is 0 Å². The molecule has 1 aromatic rings. The highest BCUT2D eigenvalue weighted by Gasteiger charge is 2.20. The molecule has 0 radical (unpaired) electrons. The first-order valence-corrected chi connectivity index (χ1v) is 7.83. The van der Waals surface area contributed by atoms with Gasteiger partial charge in [-0.3, -0.25) is 0 Å². The van der Waals surface area contributed by atoms with Crippen molar-refractivity contribution < 1.29 is 9.84 Å². The van der Waals surface area contributed by atoms with E-state index in [1.165, 1.54) is 5.56 Å². The summed E-state index contributed by atoms with van der Waals surface area (Å²) in [4.78, 5) is 0. The molecule has 1 aliphatic rings. The van der Waals surface area contributed by atoms with Gasteiger partial charge in [-0.1, -0.05) is 37.3 Å². The molecule has 2 N–H and O–H groups in total. The first kappa shape index (κ1) is 15.5. The molecule has 0 unspecified atom stereocenters. The lowest BCUT2D eigenvalue weighted by Crippen LogP contribution is -2.32. The van der Waals surface area contributed by atoms with Crippen LogP contribution >= 0.6 is 0 Å². The van der Waals surface area contributed by atoms with Crippen LogP contribution in [0.1, 0.15) is 44.2 Å². The SMILES string of the molecule is CC[C@H](O)CN[C@H](CC1CCOCC1)c1ccccc1. The molecule has 112 valence electrons. The maximum Gasteiger partial charge on any atom is 0.0662 e. The largest absolute Gasteiger partial charge is 0.392 e. The van der Waals surface area contributed by atoms with Gasteiger partial charge in [0.2, 0.25) is 0 Å². The molecular weight excluding hydrogens is 250 g/mol. The van der Waals surface area contributed by atoms with Crippen molar-refractivity contribution in [2.75, 3.05) is 19.8 Å². The van der Waals surface area contributed by atoms with Crippen molar-refractivity contribution in [3.63, 3.8) is 0 Å². The predicted octanol–water partition coefficient (Wildman–Crippen LogP) is 2.90. The minimum atomic E-state index is -0.254. The maximum atomic E-state index is 9.78. The van der Waals surface area contributed by atoms with Crippen LogP contribution in [0.25, 0.3) is 0 Å². The highest BCUT2D eigenvalue weighted by molar-refractivity contribution is 5.19. The first-order chi connectivity index (χ1) is 9.79. The number of benzene rings is 1. The molecule has 3 nitrogen and oxygen atoms in total. The molecule has 0 aromatic heterocycles.